The fourth-order valence-electron chi connectivity index (χ4n) is 5.65. The Hall–Kier alpha value is -2.63. The maximum atomic E-state index is 13.2. The van der Waals surface area contributed by atoms with Crippen LogP contribution < -0.4 is 4.43 Å². The first-order valence-corrected chi connectivity index (χ1v) is 15.2. The Bertz CT molecular complexity index is 1240. The van der Waals surface area contributed by atoms with Gasteiger partial charge in [0.2, 0.25) is 0 Å². The van der Waals surface area contributed by atoms with Gasteiger partial charge in [-0.1, -0.05) is 77.4 Å². The largest absolute Gasteiger partial charge is 0.543 e. The highest BCUT2D eigenvalue weighted by atomic mass is 35.5. The maximum Gasteiger partial charge on any atom is 0.379 e. The molecule has 0 aromatic heterocycles. The summed E-state index contributed by atoms with van der Waals surface area (Å²) in [6.07, 6.45) is 0. The molecule has 0 unspecified atom stereocenters. The number of carbonyl (C=O) groups is 2. The van der Waals surface area contributed by atoms with E-state index in [1.54, 1.807) is 19.1 Å². The molecule has 192 valence electrons. The zero-order chi connectivity index (χ0) is 26.8. The topological polar surface area (TPSA) is 52.6 Å². The van der Waals surface area contributed by atoms with Crippen molar-refractivity contribution in [3.05, 3.63) is 64.7 Å². The Morgan fingerprint density at radius 3 is 2.00 bits per heavy atom. The molecule has 0 aliphatic rings. The van der Waals surface area contributed by atoms with Gasteiger partial charge in [-0.3, -0.25) is 4.79 Å². The van der Waals surface area contributed by atoms with Crippen molar-refractivity contribution in [2.75, 3.05) is 6.61 Å². The van der Waals surface area contributed by atoms with E-state index in [0.29, 0.717) is 38.3 Å². The molecule has 3 aromatic carbocycles. The van der Waals surface area contributed by atoms with Crippen LogP contribution in [0, 0.1) is 6.92 Å². The van der Waals surface area contributed by atoms with Crippen molar-refractivity contribution in [2.24, 2.45) is 0 Å². The number of hydrogen-bond acceptors (Lipinski definition) is 4. The molecular formula is C30H37ClO4Si. The molecule has 0 aliphatic carbocycles. The van der Waals surface area contributed by atoms with E-state index in [1.165, 1.54) is 0 Å². The van der Waals surface area contributed by atoms with E-state index in [9.17, 15) is 9.59 Å². The summed E-state index contributed by atoms with van der Waals surface area (Å²) < 4.78 is 12.0. The fraction of sp³-hybridized carbons (Fsp3) is 0.400. The third-order valence-electron chi connectivity index (χ3n) is 7.13. The molecule has 36 heavy (non-hydrogen) atoms. The average Bonchev–Trinajstić information content (AvgIpc) is 2.81. The van der Waals surface area contributed by atoms with Crippen molar-refractivity contribution in [3.63, 3.8) is 0 Å². The number of Topliss-reactive ketones (excluding diaryl/α,β-unsaturated/α-hetero) is 1. The number of halogens is 1. The normalized spacial score (nSPS) is 12.0. The van der Waals surface area contributed by atoms with Crippen molar-refractivity contribution in [1.29, 1.82) is 0 Å². The van der Waals surface area contributed by atoms with Crippen LogP contribution in [0.1, 0.15) is 64.4 Å². The van der Waals surface area contributed by atoms with Crippen LogP contribution in [0.3, 0.4) is 0 Å². The predicted octanol–water partition coefficient (Wildman–Crippen LogP) is 8.77. The number of ether oxygens (including phenoxy) is 1. The summed E-state index contributed by atoms with van der Waals surface area (Å²) >= 11 is 6.15. The van der Waals surface area contributed by atoms with Crippen molar-refractivity contribution in [2.45, 2.75) is 72.0 Å². The molecule has 0 fully saturated rings. The van der Waals surface area contributed by atoms with E-state index in [1.807, 2.05) is 37.3 Å². The highest BCUT2D eigenvalue weighted by molar-refractivity contribution is 6.78. The predicted molar refractivity (Wildman–Crippen MR) is 152 cm³/mol. The minimum Gasteiger partial charge on any atom is -0.543 e. The fourth-order valence-corrected chi connectivity index (χ4v) is 11.0. The highest BCUT2D eigenvalue weighted by Gasteiger charge is 2.47. The summed E-state index contributed by atoms with van der Waals surface area (Å²) in [4.78, 5) is 25.7. The molecule has 0 atom stereocenters. The third-order valence-corrected chi connectivity index (χ3v) is 13.4. The summed E-state index contributed by atoms with van der Waals surface area (Å²) in [5.74, 6) is -0.653. The molecule has 0 amide bonds. The lowest BCUT2D eigenvalue weighted by Crippen LogP contribution is -2.50. The lowest BCUT2D eigenvalue weighted by Gasteiger charge is -2.42. The Kier molecular flexibility index (Phi) is 8.68. The minimum absolute atomic E-state index is 0.140. The minimum atomic E-state index is -2.14. The van der Waals surface area contributed by atoms with E-state index in [-0.39, 0.29) is 6.61 Å². The Morgan fingerprint density at radius 1 is 0.889 bits per heavy atom. The van der Waals surface area contributed by atoms with Gasteiger partial charge in [0, 0.05) is 16.1 Å². The molecule has 0 saturated heterocycles. The van der Waals surface area contributed by atoms with Gasteiger partial charge in [-0.25, -0.2) is 4.79 Å². The number of ketones is 1. The van der Waals surface area contributed by atoms with Gasteiger partial charge in [-0.15, -0.1) is 0 Å². The summed E-state index contributed by atoms with van der Waals surface area (Å²) in [6, 6.07) is 15.3. The van der Waals surface area contributed by atoms with Gasteiger partial charge in [0.05, 0.1) is 6.61 Å². The van der Waals surface area contributed by atoms with Gasteiger partial charge in [0.15, 0.2) is 0 Å². The second kappa shape index (κ2) is 11.2. The number of aryl methyl sites for hydroxylation is 1. The molecule has 4 nitrogen and oxygen atoms in total. The van der Waals surface area contributed by atoms with Crippen molar-refractivity contribution in [1.82, 2.24) is 0 Å². The Balaban J connectivity index is 2.26. The molecule has 0 N–H and O–H groups in total. The molecule has 6 heteroatoms. The lowest BCUT2D eigenvalue weighted by molar-refractivity contribution is -0.137. The van der Waals surface area contributed by atoms with E-state index >= 15 is 0 Å². The number of rotatable bonds is 9. The zero-order valence-electron chi connectivity index (χ0n) is 22.6. The zero-order valence-corrected chi connectivity index (χ0v) is 24.3. The average molecular weight is 525 g/mol. The first kappa shape index (κ1) is 27.9. The van der Waals surface area contributed by atoms with Crippen LogP contribution in [0.4, 0.5) is 0 Å². The number of carbonyl (C=O) groups excluding carboxylic acids is 2. The van der Waals surface area contributed by atoms with Crippen LogP contribution in [0.15, 0.2) is 48.5 Å². The molecule has 0 radical (unpaired) electrons. The second-order valence-electron chi connectivity index (χ2n) is 10.3. The molecule has 0 aliphatic heterocycles. The van der Waals surface area contributed by atoms with E-state index in [2.05, 4.69) is 47.6 Å². The lowest BCUT2D eigenvalue weighted by atomic mass is 9.88. The smallest absolute Gasteiger partial charge is 0.379 e. The van der Waals surface area contributed by atoms with Crippen LogP contribution in [-0.2, 0) is 9.53 Å². The van der Waals surface area contributed by atoms with Crippen molar-refractivity contribution >= 4 is 42.4 Å². The quantitative estimate of drug-likeness (QED) is 0.121. The monoisotopic (exact) mass is 524 g/mol. The number of esters is 1. The molecule has 0 heterocycles. The maximum absolute atomic E-state index is 13.2. The molecule has 0 saturated carbocycles. The van der Waals surface area contributed by atoms with Gasteiger partial charge < -0.3 is 9.16 Å². The standard InChI is InChI=1S/C30H37ClO4Si/c1-9-34-30(33)29(32)27-21(8)16-23-17-25(35-36(18(2)3,19(4)5)20(6)7)14-15-26(23)28(27)22-10-12-24(31)13-11-22/h10-20H,9H2,1-8H3. The van der Waals surface area contributed by atoms with Gasteiger partial charge >= 0.3 is 5.97 Å². The van der Waals surface area contributed by atoms with Crippen molar-refractivity contribution in [3.8, 4) is 16.9 Å². The van der Waals surface area contributed by atoms with E-state index in [0.717, 1.165) is 22.1 Å². The van der Waals surface area contributed by atoms with E-state index in [4.69, 9.17) is 20.8 Å². The molecule has 0 spiro atoms. The van der Waals surface area contributed by atoms with Crippen LogP contribution in [0.5, 0.6) is 5.75 Å². The summed E-state index contributed by atoms with van der Waals surface area (Å²) in [6.45, 7) is 17.3. The molecule has 0 bridgehead atoms. The molecular weight excluding hydrogens is 488 g/mol. The number of benzene rings is 3. The SMILES string of the molecule is CCOC(=O)C(=O)c1c(C)cc2cc(O[Si](C(C)C)(C(C)C)C(C)C)ccc2c1-c1ccc(Cl)cc1. The summed E-state index contributed by atoms with van der Waals surface area (Å²) in [7, 11) is -2.14. The van der Waals surface area contributed by atoms with Crippen molar-refractivity contribution < 1.29 is 18.8 Å². The Labute approximate surface area is 221 Å². The van der Waals surface area contributed by atoms with E-state index < -0.39 is 20.1 Å². The highest BCUT2D eigenvalue weighted by Crippen LogP contribution is 2.44. The Morgan fingerprint density at radius 2 is 1.47 bits per heavy atom. The molecule has 3 aromatic rings. The van der Waals surface area contributed by atoms with Gasteiger partial charge in [-0.05, 0) is 76.6 Å². The third kappa shape index (κ3) is 5.23. The van der Waals surface area contributed by atoms with Crippen LogP contribution in [0.2, 0.25) is 21.6 Å². The number of fused-ring (bicyclic) bond motifs is 1. The van der Waals surface area contributed by atoms with Crippen LogP contribution in [0.25, 0.3) is 21.9 Å². The van der Waals surface area contributed by atoms with Gasteiger partial charge in [0.25, 0.3) is 14.1 Å². The second-order valence-corrected chi connectivity index (χ2v) is 16.1. The summed E-state index contributed by atoms with van der Waals surface area (Å²) in [5.41, 5.74) is 3.92. The first-order chi connectivity index (χ1) is 16.9. The van der Waals surface area contributed by atoms with Crippen LogP contribution >= 0.6 is 11.6 Å². The molecule has 3 rings (SSSR count). The van der Waals surface area contributed by atoms with Gasteiger partial charge in [0.1, 0.15) is 5.75 Å². The van der Waals surface area contributed by atoms with Gasteiger partial charge in [-0.2, -0.15) is 0 Å². The first-order valence-electron chi connectivity index (χ1n) is 12.7. The number of hydrogen-bond donors (Lipinski definition) is 0. The summed E-state index contributed by atoms with van der Waals surface area (Å²) in [5, 5.41) is 2.42. The van der Waals surface area contributed by atoms with Crippen LogP contribution in [-0.4, -0.2) is 26.7 Å².